The lowest BCUT2D eigenvalue weighted by molar-refractivity contribution is -0.135. The third-order valence-electron chi connectivity index (χ3n) is 4.89. The second-order valence-corrected chi connectivity index (χ2v) is 7.48. The molecule has 28 heavy (non-hydrogen) atoms. The van der Waals surface area contributed by atoms with Gasteiger partial charge in [0.05, 0.1) is 29.6 Å². The summed E-state index contributed by atoms with van der Waals surface area (Å²) in [6, 6.07) is 4.88. The zero-order valence-corrected chi connectivity index (χ0v) is 17.7. The van der Waals surface area contributed by atoms with Gasteiger partial charge >= 0.3 is 6.09 Å². The maximum absolute atomic E-state index is 13.0. The molecular weight excluding hydrogens is 408 g/mol. The van der Waals surface area contributed by atoms with Crippen LogP contribution in [0, 0.1) is 0 Å². The van der Waals surface area contributed by atoms with Crippen molar-refractivity contribution in [2.75, 3.05) is 53.1 Å². The van der Waals surface area contributed by atoms with Gasteiger partial charge < -0.3 is 14.5 Å². The van der Waals surface area contributed by atoms with Crippen molar-refractivity contribution in [2.24, 2.45) is 0 Å². The Labute approximate surface area is 175 Å². The number of likely N-dealkylation sites (N-methyl/N-ethyl adjacent to an activating group) is 1. The molecule has 0 bridgehead atoms. The first-order chi connectivity index (χ1) is 13.4. The summed E-state index contributed by atoms with van der Waals surface area (Å²) < 4.78 is 17.6. The second-order valence-electron chi connectivity index (χ2n) is 6.66. The van der Waals surface area contributed by atoms with Crippen LogP contribution >= 0.6 is 23.2 Å². The lowest BCUT2D eigenvalue weighted by Crippen LogP contribution is -2.60. The summed E-state index contributed by atoms with van der Waals surface area (Å²) >= 11 is 12.0. The molecule has 1 atom stereocenters. The number of hydrogen-bond acceptors (Lipinski definition) is 4. The highest BCUT2D eigenvalue weighted by atomic mass is 35.5. The summed E-state index contributed by atoms with van der Waals surface area (Å²) in [6.07, 6.45) is -0.240. The highest BCUT2D eigenvalue weighted by Gasteiger charge is 2.33. The first-order valence-corrected chi connectivity index (χ1v) is 9.99. The lowest BCUT2D eigenvalue weighted by Gasteiger charge is -2.42. The van der Waals surface area contributed by atoms with Crippen molar-refractivity contribution in [3.05, 3.63) is 33.8 Å². The maximum Gasteiger partial charge on any atom is 0.409 e. The monoisotopic (exact) mass is 433 g/mol. The van der Waals surface area contributed by atoms with Crippen molar-refractivity contribution in [3.8, 4) is 0 Å². The Morgan fingerprint density at radius 1 is 1.29 bits per heavy atom. The highest BCUT2D eigenvalue weighted by molar-refractivity contribution is 6.42. The molecule has 1 fully saturated rings. The van der Waals surface area contributed by atoms with Gasteiger partial charge in [-0.2, -0.15) is 0 Å². The zero-order valence-electron chi connectivity index (χ0n) is 16.2. The molecular formula is C19H26Cl2FN3O3. The van der Waals surface area contributed by atoms with Crippen LogP contribution < -0.4 is 0 Å². The Kier molecular flexibility index (Phi) is 8.79. The topological polar surface area (TPSA) is 53.1 Å². The van der Waals surface area contributed by atoms with E-state index in [-0.39, 0.29) is 18.4 Å². The molecule has 1 aromatic rings. The van der Waals surface area contributed by atoms with E-state index >= 15 is 0 Å². The van der Waals surface area contributed by atoms with Gasteiger partial charge in [0.1, 0.15) is 6.67 Å². The molecule has 1 aliphatic heterocycles. The Hall–Kier alpha value is -1.57. The molecule has 156 valence electrons. The van der Waals surface area contributed by atoms with Gasteiger partial charge in [0.15, 0.2) is 0 Å². The molecule has 2 rings (SSSR count). The predicted octanol–water partition coefficient (Wildman–Crippen LogP) is 3.11. The SMILES string of the molecule is CCN(CCF)C[C@@H]1CN(C(=O)OC)CCN1C(=O)Cc1ccc(Cl)c(Cl)c1. The molecule has 0 aliphatic carbocycles. The van der Waals surface area contributed by atoms with E-state index in [1.165, 1.54) is 7.11 Å². The summed E-state index contributed by atoms with van der Waals surface area (Å²) in [4.78, 5) is 30.2. The van der Waals surface area contributed by atoms with E-state index in [4.69, 9.17) is 27.9 Å². The van der Waals surface area contributed by atoms with E-state index in [1.807, 2.05) is 11.8 Å². The van der Waals surface area contributed by atoms with Gasteiger partial charge in [0, 0.05) is 32.7 Å². The summed E-state index contributed by atoms with van der Waals surface area (Å²) in [6.45, 7) is 4.06. The Morgan fingerprint density at radius 2 is 2.04 bits per heavy atom. The first-order valence-electron chi connectivity index (χ1n) is 9.24. The maximum atomic E-state index is 13.0. The van der Waals surface area contributed by atoms with Gasteiger partial charge in [-0.3, -0.25) is 9.69 Å². The third kappa shape index (κ3) is 5.96. The number of nitrogens with zero attached hydrogens (tertiary/aromatic N) is 3. The Balaban J connectivity index is 2.14. The van der Waals surface area contributed by atoms with E-state index in [0.717, 1.165) is 5.56 Å². The number of rotatable bonds is 7. The number of hydrogen-bond donors (Lipinski definition) is 0. The number of benzene rings is 1. The van der Waals surface area contributed by atoms with Crippen LogP contribution in [0.2, 0.25) is 10.0 Å². The van der Waals surface area contributed by atoms with Crippen LogP contribution in [0.4, 0.5) is 9.18 Å². The summed E-state index contributed by atoms with van der Waals surface area (Å²) in [5.74, 6) is -0.0655. The largest absolute Gasteiger partial charge is 0.453 e. The molecule has 9 heteroatoms. The van der Waals surface area contributed by atoms with E-state index in [2.05, 4.69) is 0 Å². The molecule has 0 saturated carbocycles. The molecule has 1 saturated heterocycles. The normalized spacial score (nSPS) is 17.1. The predicted molar refractivity (Wildman–Crippen MR) is 108 cm³/mol. The number of methoxy groups -OCH3 is 1. The molecule has 2 amide bonds. The lowest BCUT2D eigenvalue weighted by atomic mass is 10.1. The molecule has 1 aliphatic rings. The van der Waals surface area contributed by atoms with Crippen molar-refractivity contribution >= 4 is 35.2 Å². The van der Waals surface area contributed by atoms with Crippen LogP contribution in [0.5, 0.6) is 0 Å². The standard InChI is InChI=1S/C19H26Cl2FN3O3/c1-3-23(7-6-22)12-15-13-24(19(27)28-2)8-9-25(15)18(26)11-14-4-5-16(20)17(21)10-14/h4-5,10,15H,3,6-9,11-13H2,1-2H3/t15-/m1/s1. The molecule has 0 N–H and O–H groups in total. The van der Waals surface area contributed by atoms with Gasteiger partial charge in [-0.15, -0.1) is 0 Å². The number of alkyl halides is 1. The second kappa shape index (κ2) is 10.8. The first kappa shape index (κ1) is 22.7. The van der Waals surface area contributed by atoms with Crippen LogP contribution in [-0.4, -0.2) is 85.8 Å². The number of amides is 2. The van der Waals surface area contributed by atoms with Crippen LogP contribution in [0.3, 0.4) is 0 Å². The van der Waals surface area contributed by atoms with Crippen LogP contribution in [0.1, 0.15) is 12.5 Å². The van der Waals surface area contributed by atoms with Gasteiger partial charge in [-0.25, -0.2) is 9.18 Å². The molecule has 1 aromatic carbocycles. The van der Waals surface area contributed by atoms with Gasteiger partial charge in [-0.05, 0) is 24.2 Å². The van der Waals surface area contributed by atoms with Gasteiger partial charge in [0.2, 0.25) is 5.91 Å². The van der Waals surface area contributed by atoms with Crippen molar-refractivity contribution < 1.29 is 18.7 Å². The van der Waals surface area contributed by atoms with E-state index < -0.39 is 12.8 Å². The summed E-state index contributed by atoms with van der Waals surface area (Å²) in [5, 5.41) is 0.839. The molecule has 6 nitrogen and oxygen atoms in total. The van der Waals surface area contributed by atoms with Crippen LogP contribution in [-0.2, 0) is 16.0 Å². The fourth-order valence-corrected chi connectivity index (χ4v) is 3.68. The highest BCUT2D eigenvalue weighted by Crippen LogP contribution is 2.23. The molecule has 0 radical (unpaired) electrons. The summed E-state index contributed by atoms with van der Waals surface area (Å²) in [7, 11) is 1.33. The van der Waals surface area contributed by atoms with Gasteiger partial charge in [0.25, 0.3) is 0 Å². The molecule has 0 aromatic heterocycles. The fraction of sp³-hybridized carbons (Fsp3) is 0.579. The fourth-order valence-electron chi connectivity index (χ4n) is 3.36. The number of carbonyl (C=O) groups excluding carboxylic acids is 2. The van der Waals surface area contributed by atoms with Crippen molar-refractivity contribution in [2.45, 2.75) is 19.4 Å². The smallest absolute Gasteiger partial charge is 0.409 e. The minimum Gasteiger partial charge on any atom is -0.453 e. The van der Waals surface area contributed by atoms with Crippen molar-refractivity contribution in [1.29, 1.82) is 0 Å². The number of ether oxygens (including phenoxy) is 1. The van der Waals surface area contributed by atoms with Crippen LogP contribution in [0.15, 0.2) is 18.2 Å². The minimum absolute atomic E-state index is 0.0655. The number of piperazine rings is 1. The summed E-state index contributed by atoms with van der Waals surface area (Å²) in [5.41, 5.74) is 0.768. The van der Waals surface area contributed by atoms with E-state index in [1.54, 1.807) is 28.0 Å². The zero-order chi connectivity index (χ0) is 20.7. The molecule has 1 heterocycles. The minimum atomic E-state index is -0.460. The van der Waals surface area contributed by atoms with Crippen LogP contribution in [0.25, 0.3) is 0 Å². The van der Waals surface area contributed by atoms with E-state index in [9.17, 15) is 14.0 Å². The van der Waals surface area contributed by atoms with E-state index in [0.29, 0.717) is 49.3 Å². The molecule has 0 spiro atoms. The average molecular weight is 434 g/mol. The Morgan fingerprint density at radius 3 is 2.64 bits per heavy atom. The van der Waals surface area contributed by atoms with Gasteiger partial charge in [-0.1, -0.05) is 36.2 Å². The number of halogens is 3. The number of carbonyl (C=O) groups is 2. The van der Waals surface area contributed by atoms with Crippen molar-refractivity contribution in [1.82, 2.24) is 14.7 Å². The molecule has 0 unspecified atom stereocenters. The van der Waals surface area contributed by atoms with Crippen molar-refractivity contribution in [3.63, 3.8) is 0 Å². The quantitative estimate of drug-likeness (QED) is 0.662. The third-order valence-corrected chi connectivity index (χ3v) is 5.63. The Bertz CT molecular complexity index is 692. The average Bonchev–Trinajstić information content (AvgIpc) is 2.69.